The molecule has 2 rings (SSSR count). The molecule has 0 aliphatic heterocycles. The molecule has 0 aliphatic carbocycles. The SMILES string of the molecule is NCc1ccccc1NC(=O)CS(=O)c1ccc(Cl)cc1. The van der Waals surface area contributed by atoms with Crippen molar-refractivity contribution in [3.05, 3.63) is 59.1 Å². The number of hydrogen-bond acceptors (Lipinski definition) is 3. The highest BCUT2D eigenvalue weighted by atomic mass is 35.5. The van der Waals surface area contributed by atoms with Crippen molar-refractivity contribution in [2.75, 3.05) is 11.1 Å². The van der Waals surface area contributed by atoms with Crippen LogP contribution in [-0.4, -0.2) is 15.9 Å². The maximum absolute atomic E-state index is 12.1. The van der Waals surface area contributed by atoms with Gasteiger partial charge in [-0.1, -0.05) is 29.8 Å². The quantitative estimate of drug-likeness (QED) is 0.888. The van der Waals surface area contributed by atoms with Gasteiger partial charge in [-0.2, -0.15) is 0 Å². The summed E-state index contributed by atoms with van der Waals surface area (Å²) in [5.74, 6) is -0.426. The minimum atomic E-state index is -1.41. The van der Waals surface area contributed by atoms with E-state index in [2.05, 4.69) is 5.32 Å². The van der Waals surface area contributed by atoms with Crippen LogP contribution in [0.4, 0.5) is 5.69 Å². The Balaban J connectivity index is 2.01. The van der Waals surface area contributed by atoms with Gasteiger partial charge in [0.15, 0.2) is 0 Å². The summed E-state index contributed by atoms with van der Waals surface area (Å²) in [4.78, 5) is 12.5. The number of nitrogens with two attached hydrogens (primary N) is 1. The number of carbonyl (C=O) groups is 1. The summed E-state index contributed by atoms with van der Waals surface area (Å²) < 4.78 is 12.1. The van der Waals surface area contributed by atoms with Crippen molar-refractivity contribution in [3.63, 3.8) is 0 Å². The van der Waals surface area contributed by atoms with Gasteiger partial charge in [-0.3, -0.25) is 9.00 Å². The monoisotopic (exact) mass is 322 g/mol. The zero-order valence-corrected chi connectivity index (χ0v) is 12.8. The van der Waals surface area contributed by atoms with Crippen molar-refractivity contribution >= 4 is 34.0 Å². The molecule has 0 heterocycles. The van der Waals surface area contributed by atoms with Crippen LogP contribution < -0.4 is 11.1 Å². The van der Waals surface area contributed by atoms with Crippen LogP contribution in [0.2, 0.25) is 5.02 Å². The molecule has 0 aromatic heterocycles. The van der Waals surface area contributed by atoms with Gasteiger partial charge >= 0.3 is 0 Å². The van der Waals surface area contributed by atoms with Gasteiger partial charge < -0.3 is 11.1 Å². The molecule has 1 amide bonds. The molecule has 0 saturated carbocycles. The summed E-state index contributed by atoms with van der Waals surface area (Å²) in [5, 5.41) is 3.30. The number of halogens is 1. The van der Waals surface area contributed by atoms with E-state index in [0.29, 0.717) is 22.2 Å². The largest absolute Gasteiger partial charge is 0.326 e. The van der Waals surface area contributed by atoms with Gasteiger partial charge in [-0.15, -0.1) is 0 Å². The third-order valence-corrected chi connectivity index (χ3v) is 4.42. The van der Waals surface area contributed by atoms with E-state index >= 15 is 0 Å². The molecule has 0 spiro atoms. The van der Waals surface area contributed by atoms with Gasteiger partial charge in [-0.25, -0.2) is 0 Å². The number of anilines is 1. The van der Waals surface area contributed by atoms with Crippen LogP contribution in [0.1, 0.15) is 5.56 Å². The van der Waals surface area contributed by atoms with E-state index in [9.17, 15) is 9.00 Å². The molecule has 1 atom stereocenters. The normalized spacial score (nSPS) is 11.9. The Morgan fingerprint density at radius 2 is 1.81 bits per heavy atom. The first kappa shape index (κ1) is 15.7. The Morgan fingerprint density at radius 1 is 1.14 bits per heavy atom. The minimum absolute atomic E-state index is 0.111. The predicted octanol–water partition coefficient (Wildman–Crippen LogP) is 2.55. The maximum Gasteiger partial charge on any atom is 0.237 e. The Morgan fingerprint density at radius 3 is 2.48 bits per heavy atom. The first-order chi connectivity index (χ1) is 10.1. The Labute approximate surface area is 130 Å². The first-order valence-electron chi connectivity index (χ1n) is 6.32. The second kappa shape index (κ2) is 7.36. The number of nitrogens with one attached hydrogen (secondary N) is 1. The number of carbonyl (C=O) groups excluding carboxylic acids is 1. The summed E-state index contributed by atoms with van der Waals surface area (Å²) >= 11 is 5.77. The maximum atomic E-state index is 12.1. The van der Waals surface area contributed by atoms with E-state index < -0.39 is 10.8 Å². The van der Waals surface area contributed by atoms with Gasteiger partial charge in [-0.05, 0) is 35.9 Å². The molecule has 0 fully saturated rings. The van der Waals surface area contributed by atoms with Gasteiger partial charge in [0.2, 0.25) is 5.91 Å². The van der Waals surface area contributed by atoms with Crippen LogP contribution in [0.3, 0.4) is 0 Å². The Kier molecular flexibility index (Phi) is 5.50. The second-order valence-electron chi connectivity index (χ2n) is 4.35. The molecule has 0 bridgehead atoms. The summed E-state index contributed by atoms with van der Waals surface area (Å²) in [6.45, 7) is 0.330. The standard InChI is InChI=1S/C15H15ClN2O2S/c16-12-5-7-13(8-6-12)21(20)10-15(19)18-14-4-2-1-3-11(14)9-17/h1-8H,9-10,17H2,(H,18,19). The van der Waals surface area contributed by atoms with Crippen LogP contribution in [0.5, 0.6) is 0 Å². The van der Waals surface area contributed by atoms with Crippen molar-refractivity contribution in [2.45, 2.75) is 11.4 Å². The smallest absolute Gasteiger partial charge is 0.237 e. The van der Waals surface area contributed by atoms with Crippen molar-refractivity contribution in [2.24, 2.45) is 5.73 Å². The predicted molar refractivity (Wildman–Crippen MR) is 85.7 cm³/mol. The lowest BCUT2D eigenvalue weighted by Gasteiger charge is -2.09. The molecule has 0 radical (unpaired) electrons. The third kappa shape index (κ3) is 4.39. The third-order valence-electron chi connectivity index (χ3n) is 2.85. The molecule has 1 unspecified atom stereocenters. The van der Waals surface area contributed by atoms with Crippen molar-refractivity contribution < 1.29 is 9.00 Å². The van der Waals surface area contributed by atoms with Crippen molar-refractivity contribution in [3.8, 4) is 0 Å². The minimum Gasteiger partial charge on any atom is -0.326 e. The molecule has 6 heteroatoms. The average molecular weight is 323 g/mol. The lowest BCUT2D eigenvalue weighted by Crippen LogP contribution is -2.20. The highest BCUT2D eigenvalue weighted by Gasteiger charge is 2.11. The van der Waals surface area contributed by atoms with Crippen LogP contribution in [0.15, 0.2) is 53.4 Å². The molecule has 3 N–H and O–H groups in total. The van der Waals surface area contributed by atoms with E-state index in [1.165, 1.54) is 0 Å². The molecule has 0 saturated heterocycles. The number of para-hydroxylation sites is 1. The number of rotatable bonds is 5. The molecule has 21 heavy (non-hydrogen) atoms. The van der Waals surface area contributed by atoms with E-state index in [1.54, 1.807) is 30.3 Å². The summed E-state index contributed by atoms with van der Waals surface area (Å²) in [6.07, 6.45) is 0. The average Bonchev–Trinajstić information content (AvgIpc) is 2.48. The fourth-order valence-corrected chi connectivity index (χ4v) is 2.84. The molecule has 4 nitrogen and oxygen atoms in total. The zero-order chi connectivity index (χ0) is 15.2. The van der Waals surface area contributed by atoms with Crippen LogP contribution in [-0.2, 0) is 22.1 Å². The molecule has 0 aliphatic rings. The Bertz CT molecular complexity index is 659. The van der Waals surface area contributed by atoms with E-state index in [1.807, 2.05) is 18.2 Å². The molecule has 110 valence electrons. The fourth-order valence-electron chi connectivity index (χ4n) is 1.80. The van der Waals surface area contributed by atoms with E-state index in [0.717, 1.165) is 5.56 Å². The van der Waals surface area contributed by atoms with Crippen molar-refractivity contribution in [1.29, 1.82) is 0 Å². The Hall–Kier alpha value is -1.69. The van der Waals surface area contributed by atoms with Crippen LogP contribution in [0, 0.1) is 0 Å². The highest BCUT2D eigenvalue weighted by Crippen LogP contribution is 2.15. The van der Waals surface area contributed by atoms with Gasteiger partial charge in [0.1, 0.15) is 5.75 Å². The fraction of sp³-hybridized carbons (Fsp3) is 0.133. The topological polar surface area (TPSA) is 72.2 Å². The molecular weight excluding hydrogens is 308 g/mol. The molecule has 2 aromatic rings. The van der Waals surface area contributed by atoms with Crippen LogP contribution >= 0.6 is 11.6 Å². The summed E-state index contributed by atoms with van der Waals surface area (Å²) in [7, 11) is -1.41. The summed E-state index contributed by atoms with van der Waals surface area (Å²) in [6, 6.07) is 13.9. The van der Waals surface area contributed by atoms with E-state index in [4.69, 9.17) is 17.3 Å². The summed E-state index contributed by atoms with van der Waals surface area (Å²) in [5.41, 5.74) is 7.10. The van der Waals surface area contributed by atoms with Gasteiger partial charge in [0.25, 0.3) is 0 Å². The molecule has 2 aromatic carbocycles. The zero-order valence-electron chi connectivity index (χ0n) is 11.2. The van der Waals surface area contributed by atoms with Crippen molar-refractivity contribution in [1.82, 2.24) is 0 Å². The van der Waals surface area contributed by atoms with E-state index in [-0.39, 0.29) is 11.7 Å². The number of amides is 1. The first-order valence-corrected chi connectivity index (χ1v) is 8.01. The van der Waals surface area contributed by atoms with Gasteiger partial charge in [0, 0.05) is 22.2 Å². The molecular formula is C15H15ClN2O2S. The second-order valence-corrected chi connectivity index (χ2v) is 6.24. The number of hydrogen-bond donors (Lipinski definition) is 2. The highest BCUT2D eigenvalue weighted by molar-refractivity contribution is 7.85. The lowest BCUT2D eigenvalue weighted by atomic mass is 10.2. The lowest BCUT2D eigenvalue weighted by molar-refractivity contribution is -0.113. The van der Waals surface area contributed by atoms with Crippen LogP contribution in [0.25, 0.3) is 0 Å². The van der Waals surface area contributed by atoms with Gasteiger partial charge in [0.05, 0.1) is 10.8 Å². The number of benzene rings is 2.